The van der Waals surface area contributed by atoms with Crippen LogP contribution < -0.4 is 11.1 Å². The zero-order chi connectivity index (χ0) is 14.1. The molecule has 1 aromatic carbocycles. The Morgan fingerprint density at radius 3 is 2.84 bits per heavy atom. The highest BCUT2D eigenvalue weighted by atomic mass is 16.5. The number of hydrogen-bond donors (Lipinski definition) is 3. The molecule has 0 heterocycles. The number of carbonyl (C=O) groups is 1. The number of hydrogen-bond acceptors (Lipinski definition) is 5. The van der Waals surface area contributed by atoms with Crippen molar-refractivity contribution in [1.82, 2.24) is 0 Å². The Labute approximate surface area is 112 Å². The summed E-state index contributed by atoms with van der Waals surface area (Å²) >= 11 is 0. The summed E-state index contributed by atoms with van der Waals surface area (Å²) in [6.07, 6.45) is 0.806. The van der Waals surface area contributed by atoms with Gasteiger partial charge in [-0.2, -0.15) is 0 Å². The molecule has 0 saturated heterocycles. The third kappa shape index (κ3) is 5.15. The summed E-state index contributed by atoms with van der Waals surface area (Å²) in [6.45, 7) is 2.45. The Hall–Kier alpha value is -1.79. The number of nitrogens with one attached hydrogen (secondary N) is 1. The van der Waals surface area contributed by atoms with Gasteiger partial charge in [-0.15, -0.1) is 0 Å². The summed E-state index contributed by atoms with van der Waals surface area (Å²) in [7, 11) is 1.63. The number of carboxylic acid groups (broad SMARTS) is 1. The Morgan fingerprint density at radius 2 is 2.16 bits per heavy atom. The Bertz CT molecular complexity index is 410. The second-order valence-electron chi connectivity index (χ2n) is 3.96. The SMILES string of the molecule is COCCOCCCNc1cccc(C(=O)O)c1N. The largest absolute Gasteiger partial charge is 0.478 e. The molecule has 0 spiro atoms. The van der Waals surface area contributed by atoms with Gasteiger partial charge >= 0.3 is 5.97 Å². The second-order valence-corrected chi connectivity index (χ2v) is 3.96. The third-order valence-electron chi connectivity index (χ3n) is 2.55. The smallest absolute Gasteiger partial charge is 0.337 e. The lowest BCUT2D eigenvalue weighted by atomic mass is 10.1. The van der Waals surface area contributed by atoms with Crippen molar-refractivity contribution in [2.75, 3.05) is 44.5 Å². The predicted octanol–water partition coefficient (Wildman–Crippen LogP) is 1.43. The van der Waals surface area contributed by atoms with Crippen LogP contribution >= 0.6 is 0 Å². The van der Waals surface area contributed by atoms with Gasteiger partial charge in [0.2, 0.25) is 0 Å². The van der Waals surface area contributed by atoms with Crippen molar-refractivity contribution in [2.24, 2.45) is 0 Å². The van der Waals surface area contributed by atoms with Gasteiger partial charge in [0.1, 0.15) is 0 Å². The van der Waals surface area contributed by atoms with Crippen LogP contribution in [0.1, 0.15) is 16.8 Å². The summed E-state index contributed by atoms with van der Waals surface area (Å²) in [4.78, 5) is 10.9. The number of para-hydroxylation sites is 1. The molecule has 4 N–H and O–H groups in total. The molecule has 0 bridgehead atoms. The number of methoxy groups -OCH3 is 1. The second kappa shape index (κ2) is 8.34. The van der Waals surface area contributed by atoms with Gasteiger partial charge in [-0.3, -0.25) is 0 Å². The topological polar surface area (TPSA) is 93.8 Å². The minimum absolute atomic E-state index is 0.112. The van der Waals surface area contributed by atoms with Crippen molar-refractivity contribution in [3.63, 3.8) is 0 Å². The maximum absolute atomic E-state index is 10.9. The molecule has 1 rings (SSSR count). The average molecular weight is 268 g/mol. The number of ether oxygens (including phenoxy) is 2. The van der Waals surface area contributed by atoms with Crippen molar-refractivity contribution in [3.8, 4) is 0 Å². The number of nitrogens with two attached hydrogens (primary N) is 1. The number of rotatable bonds is 9. The molecule has 106 valence electrons. The van der Waals surface area contributed by atoms with Gasteiger partial charge < -0.3 is 25.6 Å². The number of carboxylic acids is 1. The molecular weight excluding hydrogens is 248 g/mol. The summed E-state index contributed by atoms with van der Waals surface area (Å²) in [6, 6.07) is 4.90. The molecule has 1 aromatic rings. The zero-order valence-electron chi connectivity index (χ0n) is 11.0. The minimum Gasteiger partial charge on any atom is -0.478 e. The van der Waals surface area contributed by atoms with E-state index in [-0.39, 0.29) is 11.3 Å². The number of aromatic carboxylic acids is 1. The van der Waals surface area contributed by atoms with Gasteiger partial charge in [-0.05, 0) is 18.6 Å². The van der Waals surface area contributed by atoms with Crippen molar-refractivity contribution < 1.29 is 19.4 Å². The maximum atomic E-state index is 10.9. The van der Waals surface area contributed by atoms with Gasteiger partial charge in [0.05, 0.1) is 30.2 Å². The molecule has 0 aliphatic heterocycles. The Morgan fingerprint density at radius 1 is 1.37 bits per heavy atom. The van der Waals surface area contributed by atoms with Crippen LogP contribution in [-0.4, -0.2) is 44.6 Å². The first-order valence-corrected chi connectivity index (χ1v) is 6.09. The fraction of sp³-hybridized carbons (Fsp3) is 0.462. The van der Waals surface area contributed by atoms with Gasteiger partial charge in [-0.1, -0.05) is 6.07 Å². The first kappa shape index (κ1) is 15.3. The average Bonchev–Trinajstić information content (AvgIpc) is 2.39. The van der Waals surface area contributed by atoms with Crippen LogP contribution in [0.4, 0.5) is 11.4 Å². The lowest BCUT2D eigenvalue weighted by Crippen LogP contribution is -2.11. The van der Waals surface area contributed by atoms with Gasteiger partial charge in [0, 0.05) is 20.3 Å². The first-order chi connectivity index (χ1) is 9.16. The molecule has 6 heteroatoms. The molecule has 19 heavy (non-hydrogen) atoms. The molecular formula is C13H20N2O4. The fourth-order valence-corrected chi connectivity index (χ4v) is 1.55. The van der Waals surface area contributed by atoms with E-state index in [4.69, 9.17) is 20.3 Å². The van der Waals surface area contributed by atoms with E-state index in [1.165, 1.54) is 6.07 Å². The monoisotopic (exact) mass is 268 g/mol. The minimum atomic E-state index is -1.02. The summed E-state index contributed by atoms with van der Waals surface area (Å²) < 4.78 is 10.2. The maximum Gasteiger partial charge on any atom is 0.337 e. The van der Waals surface area contributed by atoms with E-state index in [9.17, 15) is 4.79 Å². The standard InChI is InChI=1S/C13H20N2O4/c1-18-8-9-19-7-3-6-15-11-5-2-4-10(12(11)14)13(16)17/h2,4-5,15H,3,6-9,14H2,1H3,(H,16,17). The van der Waals surface area contributed by atoms with Gasteiger partial charge in [0.15, 0.2) is 0 Å². The highest BCUT2D eigenvalue weighted by Crippen LogP contribution is 2.22. The Kier molecular flexibility index (Phi) is 6.70. The summed E-state index contributed by atoms with van der Waals surface area (Å²) in [5.41, 5.74) is 6.78. The van der Waals surface area contributed by atoms with Crippen LogP contribution in [0, 0.1) is 0 Å². The fourth-order valence-electron chi connectivity index (χ4n) is 1.55. The van der Waals surface area contributed by atoms with Crippen molar-refractivity contribution >= 4 is 17.3 Å². The molecule has 6 nitrogen and oxygen atoms in total. The molecule has 0 radical (unpaired) electrons. The van der Waals surface area contributed by atoms with Crippen molar-refractivity contribution in [2.45, 2.75) is 6.42 Å². The van der Waals surface area contributed by atoms with Crippen LogP contribution in [0.15, 0.2) is 18.2 Å². The summed E-state index contributed by atoms with van der Waals surface area (Å²) in [5, 5.41) is 12.0. The molecule has 0 unspecified atom stereocenters. The number of nitrogen functional groups attached to an aromatic ring is 1. The van der Waals surface area contributed by atoms with E-state index in [1.807, 2.05) is 0 Å². The molecule has 0 fully saturated rings. The Balaban J connectivity index is 2.33. The van der Waals surface area contributed by atoms with Crippen LogP contribution in [-0.2, 0) is 9.47 Å². The van der Waals surface area contributed by atoms with Crippen LogP contribution in [0.5, 0.6) is 0 Å². The molecule has 0 aliphatic rings. The molecule has 0 amide bonds. The van der Waals surface area contributed by atoms with E-state index in [0.717, 1.165) is 6.42 Å². The van der Waals surface area contributed by atoms with Gasteiger partial charge in [-0.25, -0.2) is 4.79 Å². The van der Waals surface area contributed by atoms with E-state index >= 15 is 0 Å². The summed E-state index contributed by atoms with van der Waals surface area (Å²) in [5.74, 6) is -1.02. The molecule has 0 atom stereocenters. The van der Waals surface area contributed by atoms with Gasteiger partial charge in [0.25, 0.3) is 0 Å². The first-order valence-electron chi connectivity index (χ1n) is 6.09. The number of anilines is 2. The third-order valence-corrected chi connectivity index (χ3v) is 2.55. The highest BCUT2D eigenvalue weighted by molar-refractivity contribution is 5.97. The van der Waals surface area contributed by atoms with Crippen molar-refractivity contribution in [3.05, 3.63) is 23.8 Å². The molecule has 0 saturated carbocycles. The van der Waals surface area contributed by atoms with Crippen LogP contribution in [0.25, 0.3) is 0 Å². The quantitative estimate of drug-likeness (QED) is 0.463. The lowest BCUT2D eigenvalue weighted by molar-refractivity contribution is 0.0697. The van der Waals surface area contributed by atoms with E-state index in [1.54, 1.807) is 19.2 Å². The van der Waals surface area contributed by atoms with Crippen LogP contribution in [0.3, 0.4) is 0 Å². The predicted molar refractivity (Wildman–Crippen MR) is 73.6 cm³/mol. The normalized spacial score (nSPS) is 10.4. The van der Waals surface area contributed by atoms with Crippen LogP contribution in [0.2, 0.25) is 0 Å². The molecule has 0 aliphatic carbocycles. The van der Waals surface area contributed by atoms with E-state index < -0.39 is 5.97 Å². The van der Waals surface area contributed by atoms with E-state index in [0.29, 0.717) is 32.1 Å². The van der Waals surface area contributed by atoms with E-state index in [2.05, 4.69) is 5.32 Å². The lowest BCUT2D eigenvalue weighted by Gasteiger charge is -2.11. The van der Waals surface area contributed by atoms with Crippen molar-refractivity contribution in [1.29, 1.82) is 0 Å². The number of benzene rings is 1. The highest BCUT2D eigenvalue weighted by Gasteiger charge is 2.10. The zero-order valence-corrected chi connectivity index (χ0v) is 11.0. The molecule has 0 aromatic heterocycles.